The Kier molecular flexibility index (Phi) is 14.1. The van der Waals surface area contributed by atoms with Gasteiger partial charge < -0.3 is 10.6 Å². The average Bonchev–Trinajstić information content (AvgIpc) is 2.88. The number of fused-ring (bicyclic) bond motifs is 1. The first-order valence-corrected chi connectivity index (χ1v) is 10.4. The third-order valence-electron chi connectivity index (χ3n) is 5.77. The Morgan fingerprint density at radius 3 is 2.32 bits per heavy atom. The van der Waals surface area contributed by atoms with E-state index in [2.05, 4.69) is 78.2 Å². The molecule has 0 spiro atoms. The summed E-state index contributed by atoms with van der Waals surface area (Å²) in [6.45, 7) is 8.19. The van der Waals surface area contributed by atoms with Crippen LogP contribution in [0.25, 0.3) is 0 Å². The molecule has 0 amide bonds. The molecule has 1 unspecified atom stereocenters. The molecule has 174 valence electrons. The number of carbonyl (C=O) groups is 1. The van der Waals surface area contributed by atoms with Crippen LogP contribution in [0.15, 0.2) is 54.6 Å². The zero-order valence-corrected chi connectivity index (χ0v) is 20.9. The van der Waals surface area contributed by atoms with Crippen molar-refractivity contribution in [2.24, 2.45) is 11.7 Å². The lowest BCUT2D eigenvalue weighted by atomic mass is 9.97. The van der Waals surface area contributed by atoms with Crippen LogP contribution in [0, 0.1) is 5.92 Å². The van der Waals surface area contributed by atoms with Crippen molar-refractivity contribution < 1.29 is 4.79 Å². The number of nitrogens with two attached hydrogens (primary N) is 1. The number of halogens is 3. The molecule has 1 aliphatic heterocycles. The van der Waals surface area contributed by atoms with Gasteiger partial charge in [-0.15, -0.1) is 37.2 Å². The SMILES string of the molecule is CCC(C)C[C@H](N)C(=O)CN1CCN(Cc2ccccc2)c2ccccc2C1.Cl.Cl.Cl. The molecule has 4 nitrogen and oxygen atoms in total. The summed E-state index contributed by atoms with van der Waals surface area (Å²) < 4.78 is 0. The highest BCUT2D eigenvalue weighted by Crippen LogP contribution is 2.26. The average molecular weight is 489 g/mol. The van der Waals surface area contributed by atoms with Crippen molar-refractivity contribution in [2.75, 3.05) is 24.5 Å². The summed E-state index contributed by atoms with van der Waals surface area (Å²) >= 11 is 0. The van der Waals surface area contributed by atoms with Gasteiger partial charge in [-0.05, 0) is 29.5 Å². The second kappa shape index (κ2) is 14.7. The third kappa shape index (κ3) is 8.63. The number of anilines is 1. The van der Waals surface area contributed by atoms with Gasteiger partial charge in [-0.3, -0.25) is 9.69 Å². The standard InChI is InChI=1S/C24H33N3O.3ClH/c1-3-19(2)15-22(25)24(28)18-26-13-14-27(16-20-9-5-4-6-10-20)23-12-8-7-11-21(23)17-26;;;/h4-12,19,22H,3,13-18,25H2,1-2H3;3*1H/t19?,22-;;;/m0.../s1. The molecule has 0 aromatic heterocycles. The summed E-state index contributed by atoms with van der Waals surface area (Å²) in [6.07, 6.45) is 1.84. The number of benzene rings is 2. The van der Waals surface area contributed by atoms with Crippen LogP contribution in [0.1, 0.15) is 37.8 Å². The molecule has 2 N–H and O–H groups in total. The summed E-state index contributed by atoms with van der Waals surface area (Å²) in [7, 11) is 0. The van der Waals surface area contributed by atoms with Crippen LogP contribution in [0.3, 0.4) is 0 Å². The number of hydrogen-bond donors (Lipinski definition) is 1. The topological polar surface area (TPSA) is 49.6 Å². The van der Waals surface area contributed by atoms with Crippen molar-refractivity contribution in [2.45, 2.75) is 45.8 Å². The summed E-state index contributed by atoms with van der Waals surface area (Å²) in [5.41, 5.74) is 10.0. The van der Waals surface area contributed by atoms with Crippen LogP contribution in [-0.2, 0) is 17.9 Å². The molecule has 31 heavy (non-hydrogen) atoms. The number of nitrogens with zero attached hydrogens (tertiary/aromatic N) is 2. The smallest absolute Gasteiger partial charge is 0.163 e. The molecule has 0 radical (unpaired) electrons. The van der Waals surface area contributed by atoms with E-state index in [9.17, 15) is 4.79 Å². The van der Waals surface area contributed by atoms with Crippen LogP contribution in [0.2, 0.25) is 0 Å². The maximum atomic E-state index is 12.7. The maximum absolute atomic E-state index is 12.7. The van der Waals surface area contributed by atoms with E-state index >= 15 is 0 Å². The zero-order valence-electron chi connectivity index (χ0n) is 18.4. The summed E-state index contributed by atoms with van der Waals surface area (Å²) in [5.74, 6) is 0.652. The number of hydrogen-bond acceptors (Lipinski definition) is 4. The van der Waals surface area contributed by atoms with E-state index in [4.69, 9.17) is 5.73 Å². The number of para-hydroxylation sites is 1. The van der Waals surface area contributed by atoms with E-state index < -0.39 is 0 Å². The third-order valence-corrected chi connectivity index (χ3v) is 5.77. The fourth-order valence-electron chi connectivity index (χ4n) is 3.83. The summed E-state index contributed by atoms with van der Waals surface area (Å²) in [6, 6.07) is 18.8. The minimum absolute atomic E-state index is 0. The van der Waals surface area contributed by atoms with Gasteiger partial charge in [0.1, 0.15) is 0 Å². The van der Waals surface area contributed by atoms with E-state index in [0.29, 0.717) is 12.5 Å². The predicted octanol–water partition coefficient (Wildman–Crippen LogP) is 5.11. The molecule has 2 aromatic rings. The van der Waals surface area contributed by atoms with E-state index in [1.54, 1.807) is 0 Å². The molecule has 7 heteroatoms. The van der Waals surface area contributed by atoms with Crippen LogP contribution in [0.4, 0.5) is 5.69 Å². The van der Waals surface area contributed by atoms with E-state index in [1.807, 2.05) is 0 Å². The van der Waals surface area contributed by atoms with E-state index in [-0.39, 0.29) is 49.0 Å². The van der Waals surface area contributed by atoms with Gasteiger partial charge >= 0.3 is 0 Å². The maximum Gasteiger partial charge on any atom is 0.163 e. The molecule has 0 saturated heterocycles. The normalized spacial score (nSPS) is 15.3. The lowest BCUT2D eigenvalue weighted by Gasteiger charge is -2.25. The van der Waals surface area contributed by atoms with Gasteiger partial charge in [0.15, 0.2) is 5.78 Å². The first-order chi connectivity index (χ1) is 13.6. The molecule has 2 aromatic carbocycles. The number of ketones is 1. The number of rotatable bonds is 8. The zero-order chi connectivity index (χ0) is 19.9. The van der Waals surface area contributed by atoms with Gasteiger partial charge in [-0.2, -0.15) is 0 Å². The fraction of sp³-hybridized carbons (Fsp3) is 0.458. The number of Topliss-reactive ketones (excluding diaryl/α,β-unsaturated/α-hetero) is 1. The molecule has 0 fully saturated rings. The van der Waals surface area contributed by atoms with Gasteiger partial charge in [-0.25, -0.2) is 0 Å². The number of carbonyl (C=O) groups excluding carboxylic acids is 1. The van der Waals surface area contributed by atoms with Crippen molar-refractivity contribution >= 4 is 48.7 Å². The van der Waals surface area contributed by atoms with Crippen molar-refractivity contribution in [3.63, 3.8) is 0 Å². The molecular formula is C24H36Cl3N3O. The quantitative estimate of drug-likeness (QED) is 0.561. The second-order valence-corrected chi connectivity index (χ2v) is 8.07. The Morgan fingerprint density at radius 1 is 1.00 bits per heavy atom. The van der Waals surface area contributed by atoms with Gasteiger partial charge in [0.2, 0.25) is 0 Å². The van der Waals surface area contributed by atoms with Crippen molar-refractivity contribution in [3.05, 3.63) is 65.7 Å². The highest BCUT2D eigenvalue weighted by Gasteiger charge is 2.23. The van der Waals surface area contributed by atoms with Gasteiger partial charge in [0.05, 0.1) is 12.6 Å². The Bertz CT molecular complexity index is 776. The fourth-order valence-corrected chi connectivity index (χ4v) is 3.83. The second-order valence-electron chi connectivity index (χ2n) is 8.07. The highest BCUT2D eigenvalue weighted by atomic mass is 35.5. The van der Waals surface area contributed by atoms with Gasteiger partial charge in [0, 0.05) is 31.9 Å². The van der Waals surface area contributed by atoms with Crippen LogP contribution in [-0.4, -0.2) is 36.4 Å². The van der Waals surface area contributed by atoms with Crippen LogP contribution >= 0.6 is 37.2 Å². The van der Waals surface area contributed by atoms with Crippen molar-refractivity contribution in [1.82, 2.24) is 4.90 Å². The largest absolute Gasteiger partial charge is 0.366 e. The monoisotopic (exact) mass is 487 g/mol. The summed E-state index contributed by atoms with van der Waals surface area (Å²) in [5, 5.41) is 0. The van der Waals surface area contributed by atoms with Crippen molar-refractivity contribution in [3.8, 4) is 0 Å². The molecule has 1 aliphatic rings. The Balaban J connectivity index is 0.00000300. The first-order valence-electron chi connectivity index (χ1n) is 10.4. The van der Waals surface area contributed by atoms with E-state index in [1.165, 1.54) is 16.8 Å². The molecule has 0 saturated carbocycles. The Labute approximate surface area is 205 Å². The predicted molar refractivity (Wildman–Crippen MR) is 138 cm³/mol. The van der Waals surface area contributed by atoms with Gasteiger partial charge in [-0.1, -0.05) is 68.8 Å². The highest BCUT2D eigenvalue weighted by molar-refractivity contribution is 5.86. The summed E-state index contributed by atoms with van der Waals surface area (Å²) in [4.78, 5) is 17.4. The Morgan fingerprint density at radius 2 is 1.65 bits per heavy atom. The molecule has 0 aliphatic carbocycles. The Hall–Kier alpha value is -1.30. The minimum Gasteiger partial charge on any atom is -0.366 e. The van der Waals surface area contributed by atoms with Crippen LogP contribution < -0.4 is 10.6 Å². The molecule has 3 rings (SSSR count). The minimum atomic E-state index is -0.353. The molecular weight excluding hydrogens is 453 g/mol. The molecule has 0 bridgehead atoms. The lowest BCUT2D eigenvalue weighted by Crippen LogP contribution is -2.41. The first kappa shape index (κ1) is 29.7. The lowest BCUT2D eigenvalue weighted by molar-refractivity contribution is -0.121. The molecule has 1 heterocycles. The van der Waals surface area contributed by atoms with E-state index in [0.717, 1.165) is 39.0 Å². The van der Waals surface area contributed by atoms with Gasteiger partial charge in [0.25, 0.3) is 0 Å². The van der Waals surface area contributed by atoms with Crippen molar-refractivity contribution in [1.29, 1.82) is 0 Å². The molecule has 2 atom stereocenters. The van der Waals surface area contributed by atoms with Crippen LogP contribution in [0.5, 0.6) is 0 Å².